The van der Waals surface area contributed by atoms with Gasteiger partial charge in [0.25, 0.3) is 5.91 Å². The van der Waals surface area contributed by atoms with E-state index in [-0.39, 0.29) is 22.9 Å². The van der Waals surface area contributed by atoms with Crippen LogP contribution in [0.25, 0.3) is 0 Å². The monoisotopic (exact) mass is 461 g/mol. The summed E-state index contributed by atoms with van der Waals surface area (Å²) in [6.07, 6.45) is 0. The molecule has 0 aromatic heterocycles. The van der Waals surface area contributed by atoms with Gasteiger partial charge in [-0.25, -0.2) is 8.42 Å². The normalized spacial score (nSPS) is 11.3. The Morgan fingerprint density at radius 1 is 0.938 bits per heavy atom. The van der Waals surface area contributed by atoms with Crippen LogP contribution in [0.5, 0.6) is 5.75 Å². The Morgan fingerprint density at radius 2 is 1.53 bits per heavy atom. The fraction of sp³-hybridized carbons (Fsp3) is 0.391. The van der Waals surface area contributed by atoms with Crippen LogP contribution in [0.2, 0.25) is 0 Å². The third-order valence-electron chi connectivity index (χ3n) is 4.94. The first-order chi connectivity index (χ1) is 15.2. The molecule has 174 valence electrons. The van der Waals surface area contributed by atoms with E-state index < -0.39 is 15.9 Å². The van der Waals surface area contributed by atoms with Gasteiger partial charge in [-0.2, -0.15) is 4.31 Å². The minimum atomic E-state index is -3.58. The lowest BCUT2D eigenvalue weighted by molar-refractivity contribution is -0.129. The molecule has 0 heterocycles. The first-order valence-electron chi connectivity index (χ1n) is 10.6. The lowest BCUT2D eigenvalue weighted by atomic mass is 10.2. The van der Waals surface area contributed by atoms with Crippen molar-refractivity contribution >= 4 is 21.8 Å². The Bertz CT molecular complexity index is 1000. The summed E-state index contributed by atoms with van der Waals surface area (Å²) in [6.45, 7) is 7.02. The molecule has 8 nitrogen and oxygen atoms in total. The van der Waals surface area contributed by atoms with E-state index >= 15 is 0 Å². The predicted octanol–water partition coefficient (Wildman–Crippen LogP) is 2.50. The third-order valence-corrected chi connectivity index (χ3v) is 7.00. The van der Waals surface area contributed by atoms with Crippen molar-refractivity contribution in [2.45, 2.75) is 32.2 Å². The number of carbonyl (C=O) groups is 2. The Hall–Kier alpha value is -2.91. The second kappa shape index (κ2) is 11.6. The number of nitrogens with zero attached hydrogens (tertiary/aromatic N) is 2. The number of carbonyl (C=O) groups excluding carboxylic acids is 2. The number of likely N-dealkylation sites (N-methyl/N-ethyl adjacent to an activating group) is 1. The van der Waals surface area contributed by atoms with Crippen LogP contribution in [0.3, 0.4) is 0 Å². The molecule has 2 amide bonds. The van der Waals surface area contributed by atoms with E-state index in [1.807, 2.05) is 31.2 Å². The first kappa shape index (κ1) is 25.4. The van der Waals surface area contributed by atoms with Gasteiger partial charge in [0.15, 0.2) is 0 Å². The van der Waals surface area contributed by atoms with Crippen molar-refractivity contribution in [3.63, 3.8) is 0 Å². The molecule has 0 bridgehead atoms. The fourth-order valence-corrected chi connectivity index (χ4v) is 4.56. The third kappa shape index (κ3) is 6.54. The molecule has 0 fully saturated rings. The minimum Gasteiger partial charge on any atom is -0.494 e. The molecule has 0 saturated carbocycles. The molecule has 2 aromatic carbocycles. The van der Waals surface area contributed by atoms with Gasteiger partial charge in [-0.3, -0.25) is 9.59 Å². The van der Waals surface area contributed by atoms with Gasteiger partial charge >= 0.3 is 0 Å². The molecule has 9 heteroatoms. The first-order valence-corrected chi connectivity index (χ1v) is 12.0. The average molecular weight is 462 g/mol. The molecule has 0 aliphatic carbocycles. The van der Waals surface area contributed by atoms with Gasteiger partial charge in [-0.1, -0.05) is 26.0 Å². The number of amides is 2. The quantitative estimate of drug-likeness (QED) is 0.555. The highest BCUT2D eigenvalue weighted by atomic mass is 32.2. The number of sulfonamides is 1. The summed E-state index contributed by atoms with van der Waals surface area (Å²) >= 11 is 0. The molecule has 0 saturated heterocycles. The van der Waals surface area contributed by atoms with Crippen molar-refractivity contribution in [3.8, 4) is 5.75 Å². The highest BCUT2D eigenvalue weighted by molar-refractivity contribution is 7.89. The lowest BCUT2D eigenvalue weighted by Gasteiger charge is -2.19. The molecule has 32 heavy (non-hydrogen) atoms. The van der Waals surface area contributed by atoms with Crippen LogP contribution < -0.4 is 10.1 Å². The number of hydrogen-bond acceptors (Lipinski definition) is 5. The molecule has 0 aliphatic rings. The summed E-state index contributed by atoms with van der Waals surface area (Å²) in [6, 6.07) is 13.2. The summed E-state index contributed by atoms with van der Waals surface area (Å²) < 4.78 is 31.8. The van der Waals surface area contributed by atoms with Gasteiger partial charge in [0.2, 0.25) is 15.9 Å². The second-order valence-electron chi connectivity index (χ2n) is 7.12. The van der Waals surface area contributed by atoms with Crippen molar-refractivity contribution in [2.75, 3.05) is 33.3 Å². The predicted molar refractivity (Wildman–Crippen MR) is 123 cm³/mol. The molecule has 0 unspecified atom stereocenters. The number of rotatable bonds is 11. The van der Waals surface area contributed by atoms with E-state index in [0.717, 1.165) is 11.3 Å². The maximum atomic E-state index is 12.5. The van der Waals surface area contributed by atoms with Gasteiger partial charge in [0.05, 0.1) is 18.0 Å². The van der Waals surface area contributed by atoms with Gasteiger partial charge in [0.1, 0.15) is 5.75 Å². The summed E-state index contributed by atoms with van der Waals surface area (Å²) in [4.78, 5) is 26.4. The maximum absolute atomic E-state index is 12.5. The van der Waals surface area contributed by atoms with Gasteiger partial charge in [-0.05, 0) is 48.9 Å². The topological polar surface area (TPSA) is 96.0 Å². The van der Waals surface area contributed by atoms with Crippen molar-refractivity contribution in [1.29, 1.82) is 0 Å². The number of nitrogens with one attached hydrogen (secondary N) is 1. The van der Waals surface area contributed by atoms with E-state index in [9.17, 15) is 18.0 Å². The highest BCUT2D eigenvalue weighted by Crippen LogP contribution is 2.16. The lowest BCUT2D eigenvalue weighted by Crippen LogP contribution is -2.37. The van der Waals surface area contributed by atoms with E-state index in [4.69, 9.17) is 4.74 Å². The van der Waals surface area contributed by atoms with Crippen molar-refractivity contribution in [1.82, 2.24) is 14.5 Å². The van der Waals surface area contributed by atoms with Crippen molar-refractivity contribution in [3.05, 3.63) is 59.7 Å². The van der Waals surface area contributed by atoms with Crippen LogP contribution in [0, 0.1) is 0 Å². The maximum Gasteiger partial charge on any atom is 0.251 e. The molecule has 2 aromatic rings. The summed E-state index contributed by atoms with van der Waals surface area (Å²) in [5, 5.41) is 2.58. The van der Waals surface area contributed by atoms with Crippen LogP contribution in [0.1, 0.15) is 36.7 Å². The van der Waals surface area contributed by atoms with Gasteiger partial charge in [0, 0.05) is 32.2 Å². The molecule has 0 atom stereocenters. The largest absolute Gasteiger partial charge is 0.494 e. The number of hydrogen-bond donors (Lipinski definition) is 1. The standard InChI is InChI=1S/C23H31N3O5S/c1-5-26(6-2)32(29,30)21-14-10-19(11-15-21)23(28)24-16-22(27)25(4)17-18-8-12-20(13-9-18)31-7-3/h8-15H,5-7,16-17H2,1-4H3,(H,24,28). The molecule has 0 radical (unpaired) electrons. The number of benzene rings is 2. The molecule has 2 rings (SSSR count). The second-order valence-corrected chi connectivity index (χ2v) is 9.06. The fourth-order valence-electron chi connectivity index (χ4n) is 3.10. The van der Waals surface area contributed by atoms with Crippen LogP contribution >= 0.6 is 0 Å². The van der Waals surface area contributed by atoms with E-state index in [1.54, 1.807) is 20.9 Å². The molecular weight excluding hydrogens is 430 g/mol. The van der Waals surface area contributed by atoms with E-state index in [1.165, 1.54) is 33.5 Å². The van der Waals surface area contributed by atoms with Gasteiger partial charge < -0.3 is 15.0 Å². The zero-order chi connectivity index (χ0) is 23.7. The highest BCUT2D eigenvalue weighted by Gasteiger charge is 2.21. The molecule has 0 spiro atoms. The van der Waals surface area contributed by atoms with E-state index in [2.05, 4.69) is 5.32 Å². The smallest absolute Gasteiger partial charge is 0.251 e. The zero-order valence-corrected chi connectivity index (χ0v) is 19.8. The van der Waals surface area contributed by atoms with Crippen LogP contribution in [0.15, 0.2) is 53.4 Å². The van der Waals surface area contributed by atoms with Crippen LogP contribution in [-0.2, 0) is 21.4 Å². The Labute approximate surface area is 190 Å². The summed E-state index contributed by atoms with van der Waals surface area (Å²) in [5.74, 6) is 0.0842. The SMILES string of the molecule is CCOc1ccc(CN(C)C(=O)CNC(=O)c2ccc(S(=O)(=O)N(CC)CC)cc2)cc1. The Kier molecular flexibility index (Phi) is 9.22. The van der Waals surface area contributed by atoms with Crippen molar-refractivity contribution < 1.29 is 22.7 Å². The van der Waals surface area contributed by atoms with Crippen molar-refractivity contribution in [2.24, 2.45) is 0 Å². The molecule has 1 N–H and O–H groups in total. The van der Waals surface area contributed by atoms with Crippen LogP contribution in [-0.4, -0.2) is 62.7 Å². The summed E-state index contributed by atoms with van der Waals surface area (Å²) in [5.41, 5.74) is 1.23. The molecular formula is C23H31N3O5S. The Balaban J connectivity index is 1.91. The van der Waals surface area contributed by atoms with E-state index in [0.29, 0.717) is 26.2 Å². The summed E-state index contributed by atoms with van der Waals surface area (Å²) in [7, 11) is -1.92. The minimum absolute atomic E-state index is 0.129. The Morgan fingerprint density at radius 3 is 2.06 bits per heavy atom. The van der Waals surface area contributed by atoms with Crippen LogP contribution in [0.4, 0.5) is 0 Å². The van der Waals surface area contributed by atoms with Gasteiger partial charge in [-0.15, -0.1) is 0 Å². The number of ether oxygens (including phenoxy) is 1. The average Bonchev–Trinajstić information content (AvgIpc) is 2.79. The zero-order valence-electron chi connectivity index (χ0n) is 19.0. The molecule has 0 aliphatic heterocycles.